The van der Waals surface area contributed by atoms with Gasteiger partial charge < -0.3 is 77.2 Å². The Kier molecular flexibility index (Phi) is 34.9. The number of amides is 12. The zero-order chi connectivity index (χ0) is 78.2. The van der Waals surface area contributed by atoms with Crippen LogP contribution in [0.4, 0.5) is 15.3 Å². The SMILES string of the molecule is CC[C@H](C)C([C@@H](CC(=O)N1C[C@@H](O)C[C@H]1[C@H](OC)[C@@H](C)C(=O)NCC(NC(=O)OCc1ccc(NC(=O)C(CCCNC(N)=O)NC(=O)[C@@H](NC(=O)CCCCCN2C(=O)CC(SCC3(CC(=O)O)CC3)C2=O)C(C)C)cc1)c1ccc(C)cc1)OC)N(C)C(=O)[C@@H](NC(=O)[C@H](C(C)C)N(C)C)C(C)C. The maximum atomic E-state index is 14.6. The number of methoxy groups -OCH3 is 2. The lowest BCUT2D eigenvalue weighted by Crippen LogP contribution is -2.59. The van der Waals surface area contributed by atoms with Crippen molar-refractivity contribution in [2.45, 2.75) is 225 Å². The zero-order valence-electron chi connectivity index (χ0n) is 64.1. The van der Waals surface area contributed by atoms with Crippen molar-refractivity contribution < 1.29 is 82.0 Å². The first-order valence-corrected chi connectivity index (χ1v) is 37.8. The summed E-state index contributed by atoms with van der Waals surface area (Å²) in [7, 11) is 8.22. The Balaban J connectivity index is 1.16. The summed E-state index contributed by atoms with van der Waals surface area (Å²) in [4.78, 5) is 167. The molecule has 12 amide bonds. The van der Waals surface area contributed by atoms with Crippen LogP contribution in [-0.2, 0) is 68.8 Å². The van der Waals surface area contributed by atoms with Gasteiger partial charge in [-0.2, -0.15) is 0 Å². The number of carboxylic acids is 1. The van der Waals surface area contributed by atoms with Gasteiger partial charge in [-0.3, -0.25) is 57.7 Å². The number of carbonyl (C=O) groups excluding carboxylic acids is 11. The molecule has 5 rings (SSSR count). The molecule has 2 aliphatic heterocycles. The molecule has 3 aliphatic rings. The van der Waals surface area contributed by atoms with Gasteiger partial charge in [0.15, 0.2) is 0 Å². The van der Waals surface area contributed by atoms with E-state index in [1.54, 1.807) is 57.0 Å². The molecule has 3 fully saturated rings. The number of nitrogens with two attached hydrogens (primary N) is 1. The van der Waals surface area contributed by atoms with Crippen LogP contribution in [0.25, 0.3) is 0 Å². The Labute approximate surface area is 623 Å². The number of likely N-dealkylation sites (N-methyl/N-ethyl adjacent to an activating group) is 2. The summed E-state index contributed by atoms with van der Waals surface area (Å²) in [6.45, 7) is 18.6. The molecule has 4 unspecified atom stereocenters. The molecule has 0 radical (unpaired) electrons. The normalized spacial score (nSPS) is 19.1. The van der Waals surface area contributed by atoms with Crippen LogP contribution in [0.5, 0.6) is 0 Å². The van der Waals surface area contributed by atoms with E-state index >= 15 is 0 Å². The van der Waals surface area contributed by atoms with Crippen molar-refractivity contribution in [2.24, 2.45) is 40.7 Å². The number of alkyl carbamates (subject to hydrolysis) is 1. The molecule has 0 bridgehead atoms. The highest BCUT2D eigenvalue weighted by atomic mass is 32.2. The third kappa shape index (κ3) is 26.5. The molecule has 2 heterocycles. The van der Waals surface area contributed by atoms with Crippen LogP contribution in [0.2, 0.25) is 0 Å². The molecule has 11 N–H and O–H groups in total. The number of rotatable bonds is 44. The topological polar surface area (TPSA) is 396 Å². The number of ether oxygens (including phenoxy) is 3. The first-order chi connectivity index (χ1) is 49.5. The van der Waals surface area contributed by atoms with Crippen LogP contribution in [0.3, 0.4) is 0 Å². The van der Waals surface area contributed by atoms with Gasteiger partial charge in [0.25, 0.3) is 0 Å². The minimum absolute atomic E-state index is 0.0261. The number of aryl methyl sites for hydroxylation is 1. The lowest BCUT2D eigenvalue weighted by molar-refractivity contribution is -0.148. The Bertz CT molecular complexity index is 3260. The van der Waals surface area contributed by atoms with Crippen LogP contribution in [0.15, 0.2) is 48.5 Å². The van der Waals surface area contributed by atoms with Crippen LogP contribution in [-0.4, -0.2) is 228 Å². The molecule has 30 heteroatoms. The van der Waals surface area contributed by atoms with Crippen molar-refractivity contribution >= 4 is 88.7 Å². The van der Waals surface area contributed by atoms with Crippen molar-refractivity contribution in [2.75, 3.05) is 72.6 Å². The molecule has 0 spiro atoms. The van der Waals surface area contributed by atoms with Gasteiger partial charge in [-0.1, -0.05) is 117 Å². The van der Waals surface area contributed by atoms with E-state index in [0.29, 0.717) is 48.3 Å². The highest BCUT2D eigenvalue weighted by Gasteiger charge is 2.48. The van der Waals surface area contributed by atoms with Crippen molar-refractivity contribution in [3.05, 3.63) is 65.2 Å². The number of aliphatic hydroxyl groups excluding tert-OH is 1. The summed E-state index contributed by atoms with van der Waals surface area (Å²) >= 11 is 1.35. The quantitative estimate of drug-likeness (QED) is 0.0294. The summed E-state index contributed by atoms with van der Waals surface area (Å²) in [6.07, 6.45) is 0.539. The summed E-state index contributed by atoms with van der Waals surface area (Å²) < 4.78 is 17.7. The first-order valence-electron chi connectivity index (χ1n) is 36.8. The average molecular weight is 1490 g/mol. The van der Waals surface area contributed by atoms with E-state index in [1.807, 2.05) is 91.7 Å². The number of thioether (sulfide) groups is 1. The molecular weight excluding hydrogens is 1370 g/mol. The van der Waals surface area contributed by atoms with E-state index in [-0.39, 0.29) is 130 Å². The molecule has 29 nitrogen and oxygen atoms in total. The molecular formula is C75H118N12O17S. The Morgan fingerprint density at radius 3 is 1.99 bits per heavy atom. The summed E-state index contributed by atoms with van der Waals surface area (Å²) in [5, 5.41) is 39.5. The number of aliphatic hydroxyl groups is 1. The molecule has 1 aliphatic carbocycles. The van der Waals surface area contributed by atoms with Crippen LogP contribution in [0.1, 0.15) is 169 Å². The molecule has 2 aromatic rings. The number of carboxylic acid groups (broad SMARTS) is 1. The number of carbonyl (C=O) groups is 12. The molecule has 2 aromatic carbocycles. The fraction of sp³-hybridized carbons (Fsp3) is 0.680. The molecule has 586 valence electrons. The van der Waals surface area contributed by atoms with Crippen molar-refractivity contribution in [3.8, 4) is 0 Å². The lowest BCUT2D eigenvalue weighted by Gasteiger charge is -2.41. The Morgan fingerprint density at radius 1 is 0.762 bits per heavy atom. The first kappa shape index (κ1) is 87.7. The number of imide groups is 1. The standard InChI is InChI=1S/C75H118N12O17S/c1-16-47(9)65(85(13)72(99)63(44(4)5)83-70(97)64(45(6)7)84(11)12)56(102-14)36-59(90)87-40-52(88)35-55(87)66(103-15)48(10)67(94)78-39-54(50-27-23-46(8)24-28-50)81-74(101)104-41-49-25-29-51(30-26-49)79-68(95)53(21-20-33-77-73(76)100)80-69(96)62(43(2)3)82-58(89)22-18-17-19-34-86-60(91)37-57(71(86)98)105-42-75(31-32-75)38-61(92)93/h23-30,43-45,47-48,52-57,62-66,88H,16-22,31-42H2,1-15H3,(H,78,94)(H,79,95)(H,80,96)(H,81,101)(H,82,89)(H,83,97)(H,92,93)(H3,76,77,100)/t47-,48+,52-,53?,54?,55-,56+,57?,62-,63-,64-,65?,66+/m0/s1. The minimum Gasteiger partial charge on any atom is -0.481 e. The molecule has 1 saturated carbocycles. The van der Waals surface area contributed by atoms with E-state index in [2.05, 4.69) is 37.2 Å². The largest absolute Gasteiger partial charge is 0.481 e. The fourth-order valence-corrected chi connectivity index (χ4v) is 15.3. The zero-order valence-corrected chi connectivity index (χ0v) is 64.9. The fourth-order valence-electron chi connectivity index (χ4n) is 13.8. The second-order valence-corrected chi connectivity index (χ2v) is 31.0. The van der Waals surface area contributed by atoms with Gasteiger partial charge in [-0.05, 0) is 118 Å². The van der Waals surface area contributed by atoms with Crippen LogP contribution >= 0.6 is 11.8 Å². The highest BCUT2D eigenvalue weighted by Crippen LogP contribution is 2.52. The van der Waals surface area contributed by atoms with Gasteiger partial charge in [-0.15, -0.1) is 11.8 Å². The number of primary amides is 1. The van der Waals surface area contributed by atoms with Gasteiger partial charge in [0, 0.05) is 71.7 Å². The van der Waals surface area contributed by atoms with Gasteiger partial charge in [-0.25, -0.2) is 9.59 Å². The number of hydrogen-bond acceptors (Lipinski definition) is 18. The Hall–Kier alpha value is -7.93. The van der Waals surface area contributed by atoms with Crippen molar-refractivity contribution in [3.63, 3.8) is 0 Å². The number of aliphatic carboxylic acids is 1. The van der Waals surface area contributed by atoms with Gasteiger partial charge in [0.1, 0.15) is 24.7 Å². The number of likely N-dealkylation sites (tertiary alicyclic amines) is 2. The highest BCUT2D eigenvalue weighted by molar-refractivity contribution is 8.00. The van der Waals surface area contributed by atoms with E-state index in [0.717, 1.165) is 18.4 Å². The van der Waals surface area contributed by atoms with Crippen LogP contribution < -0.4 is 43.0 Å². The molecule has 2 saturated heterocycles. The number of hydrogen-bond donors (Lipinski definition) is 10. The van der Waals surface area contributed by atoms with Gasteiger partial charge in [0.05, 0.1) is 66.5 Å². The van der Waals surface area contributed by atoms with E-state index < -0.39 is 119 Å². The number of β-amino-alcohol motifs (C(OH)–C–C–N with tert-alkyl or cyclic N) is 1. The number of unbranched alkanes of at least 4 members (excludes halogenated alkanes) is 2. The van der Waals surface area contributed by atoms with Crippen molar-refractivity contribution in [1.82, 2.24) is 51.5 Å². The van der Waals surface area contributed by atoms with E-state index in [1.165, 1.54) is 35.8 Å². The summed E-state index contributed by atoms with van der Waals surface area (Å²) in [5.41, 5.74) is 7.44. The lowest BCUT2D eigenvalue weighted by atomic mass is 9.89. The number of anilines is 1. The number of nitrogens with zero attached hydrogens (tertiary/aromatic N) is 4. The number of benzene rings is 2. The maximum Gasteiger partial charge on any atom is 0.408 e. The molecule has 13 atom stereocenters. The molecule has 0 aromatic heterocycles. The summed E-state index contributed by atoms with van der Waals surface area (Å²) in [5.74, 6) is -5.72. The maximum absolute atomic E-state index is 14.6. The van der Waals surface area contributed by atoms with E-state index in [4.69, 9.17) is 19.9 Å². The Morgan fingerprint density at radius 2 is 1.42 bits per heavy atom. The van der Waals surface area contributed by atoms with Crippen molar-refractivity contribution in [1.29, 1.82) is 0 Å². The van der Waals surface area contributed by atoms with E-state index in [9.17, 15) is 67.7 Å². The monoisotopic (exact) mass is 1490 g/mol. The second kappa shape index (κ2) is 41.8. The van der Waals surface area contributed by atoms with Gasteiger partial charge in [0.2, 0.25) is 53.2 Å². The smallest absolute Gasteiger partial charge is 0.408 e. The second-order valence-electron chi connectivity index (χ2n) is 29.8. The minimum atomic E-state index is -1.13. The van der Waals surface area contributed by atoms with Gasteiger partial charge >= 0.3 is 18.1 Å². The number of nitrogens with one attached hydrogen (secondary N) is 7. The van der Waals surface area contributed by atoms with Crippen LogP contribution in [0, 0.1) is 41.9 Å². The molecule has 105 heavy (non-hydrogen) atoms. The predicted octanol–water partition coefficient (Wildman–Crippen LogP) is 5.39. The number of urea groups is 1. The average Bonchev–Trinajstić information content (AvgIpc) is 1.71. The predicted molar refractivity (Wildman–Crippen MR) is 397 cm³/mol. The third-order valence-corrected chi connectivity index (χ3v) is 21.8. The third-order valence-electron chi connectivity index (χ3n) is 20.2. The summed E-state index contributed by atoms with van der Waals surface area (Å²) in [6, 6.07) is 7.34.